The second-order valence-corrected chi connectivity index (χ2v) is 19.7. The number of halogens is 1. The molecule has 3 saturated heterocycles. The van der Waals surface area contributed by atoms with Crippen LogP contribution in [0.3, 0.4) is 0 Å². The number of amides is 1. The summed E-state index contributed by atoms with van der Waals surface area (Å²) in [6.07, 6.45) is 11.9. The van der Waals surface area contributed by atoms with E-state index in [1.54, 1.807) is 6.07 Å². The molecule has 2 aliphatic carbocycles. The first-order valence-corrected chi connectivity index (χ1v) is 21.5. The molecule has 4 heterocycles. The molecule has 5 aliphatic rings. The van der Waals surface area contributed by atoms with Crippen LogP contribution in [0.2, 0.25) is 5.02 Å². The molecule has 0 bridgehead atoms. The third-order valence-corrected chi connectivity index (χ3v) is 14.3. The summed E-state index contributed by atoms with van der Waals surface area (Å²) in [6, 6.07) is 17.1. The lowest BCUT2D eigenvalue weighted by Gasteiger charge is -2.60. The van der Waals surface area contributed by atoms with Crippen molar-refractivity contribution in [2.45, 2.75) is 116 Å². The molecule has 304 valence electrons. The number of piperazine rings is 1. The van der Waals surface area contributed by atoms with Gasteiger partial charge in [-0.1, -0.05) is 43.6 Å². The summed E-state index contributed by atoms with van der Waals surface area (Å²) in [7, 11) is 0. The van der Waals surface area contributed by atoms with Gasteiger partial charge >= 0.3 is 6.09 Å². The van der Waals surface area contributed by atoms with E-state index < -0.39 is 5.60 Å². The lowest BCUT2D eigenvalue weighted by Crippen LogP contribution is -2.61. The number of anilines is 1. The summed E-state index contributed by atoms with van der Waals surface area (Å²) in [4.78, 5) is 35.4. The van der Waals surface area contributed by atoms with Crippen molar-refractivity contribution < 1.29 is 14.3 Å². The molecule has 2 spiro atoms. The molecule has 0 radical (unpaired) electrons. The first-order chi connectivity index (χ1) is 27.2. The van der Waals surface area contributed by atoms with Gasteiger partial charge in [-0.3, -0.25) is 4.90 Å². The standard InChI is InChI=1S/C46H60ClN7O3/c1-43(2,3)57-42(55)54-19-14-46(15-20-54)28-38(29-46)51-17-12-45(13-18-51)30-39(31-45)52-21-23-53(24-22-52)41-49-16-11-36(50-41)32-56-40-9-7-33(8-10-40)44(4,5)34-25-35(47)27-37(26-34)48-6/h7-11,16,25-27,38-39H,12-15,17-24,28-32H2,1-5H3. The molecule has 2 aromatic carbocycles. The molecule has 5 fully saturated rings. The van der Waals surface area contributed by atoms with Crippen LogP contribution in [-0.4, -0.2) is 101 Å². The van der Waals surface area contributed by atoms with Gasteiger partial charge in [0.25, 0.3) is 0 Å². The van der Waals surface area contributed by atoms with Gasteiger partial charge in [0.2, 0.25) is 5.95 Å². The maximum atomic E-state index is 12.5. The highest BCUT2D eigenvalue weighted by Crippen LogP contribution is 2.55. The van der Waals surface area contributed by atoms with Crippen molar-refractivity contribution in [1.29, 1.82) is 0 Å². The fourth-order valence-corrected chi connectivity index (χ4v) is 10.5. The van der Waals surface area contributed by atoms with Gasteiger partial charge in [0.05, 0.1) is 12.3 Å². The number of aromatic nitrogens is 2. The quantitative estimate of drug-likeness (QED) is 0.209. The number of carbonyl (C=O) groups excluding carboxylic acids is 1. The Morgan fingerprint density at radius 2 is 1.40 bits per heavy atom. The van der Waals surface area contributed by atoms with Crippen LogP contribution < -0.4 is 9.64 Å². The zero-order valence-corrected chi connectivity index (χ0v) is 35.4. The van der Waals surface area contributed by atoms with Crippen molar-refractivity contribution in [2.24, 2.45) is 10.8 Å². The van der Waals surface area contributed by atoms with E-state index in [0.717, 1.165) is 86.7 Å². The fourth-order valence-electron chi connectivity index (χ4n) is 10.3. The number of rotatable bonds is 8. The normalized spacial score (nSPS) is 22.8. The molecule has 0 atom stereocenters. The van der Waals surface area contributed by atoms with Gasteiger partial charge in [-0.15, -0.1) is 0 Å². The zero-order chi connectivity index (χ0) is 40.0. The van der Waals surface area contributed by atoms with Crippen LogP contribution in [0.1, 0.15) is 103 Å². The molecule has 3 aromatic rings. The Morgan fingerprint density at radius 1 is 0.807 bits per heavy atom. The molecule has 10 nitrogen and oxygen atoms in total. The predicted molar refractivity (Wildman–Crippen MR) is 225 cm³/mol. The van der Waals surface area contributed by atoms with Crippen molar-refractivity contribution in [2.75, 3.05) is 57.3 Å². The topological polar surface area (TPSA) is 78.6 Å². The Labute approximate surface area is 344 Å². The average molecular weight is 794 g/mol. The van der Waals surface area contributed by atoms with Crippen LogP contribution >= 0.6 is 11.6 Å². The number of piperidine rings is 2. The molecule has 57 heavy (non-hydrogen) atoms. The van der Waals surface area contributed by atoms with Gasteiger partial charge in [-0.05, 0) is 138 Å². The van der Waals surface area contributed by atoms with E-state index in [0.29, 0.717) is 34.2 Å². The molecular formula is C46H60ClN7O3. The largest absolute Gasteiger partial charge is 0.487 e. The molecule has 0 unspecified atom stereocenters. The third kappa shape index (κ3) is 8.77. The van der Waals surface area contributed by atoms with Crippen molar-refractivity contribution in [3.63, 3.8) is 0 Å². The Hall–Kier alpha value is -3.91. The number of benzene rings is 2. The summed E-state index contributed by atoms with van der Waals surface area (Å²) >= 11 is 6.32. The average Bonchev–Trinajstić information content (AvgIpc) is 3.18. The van der Waals surface area contributed by atoms with E-state index in [1.165, 1.54) is 51.6 Å². The SMILES string of the molecule is [C-]#[N+]c1cc(Cl)cc(C(C)(C)c2ccc(OCc3ccnc(N4CCN(C5CC6(CCN(C7CC8(CCN(C(=O)OC(C)(C)C)CC8)C7)CC6)C5)CC4)n3)cc2)c1. The maximum absolute atomic E-state index is 12.5. The molecular weight excluding hydrogens is 734 g/mol. The van der Waals surface area contributed by atoms with Gasteiger partial charge in [-0.25, -0.2) is 19.6 Å². The maximum Gasteiger partial charge on any atom is 0.410 e. The van der Waals surface area contributed by atoms with Gasteiger partial charge in [0.15, 0.2) is 5.69 Å². The van der Waals surface area contributed by atoms with E-state index in [4.69, 9.17) is 32.6 Å². The van der Waals surface area contributed by atoms with Crippen LogP contribution in [0.15, 0.2) is 54.7 Å². The van der Waals surface area contributed by atoms with Crippen LogP contribution in [0.25, 0.3) is 4.85 Å². The van der Waals surface area contributed by atoms with Crippen LogP contribution in [0.4, 0.5) is 16.4 Å². The minimum absolute atomic E-state index is 0.147. The summed E-state index contributed by atoms with van der Waals surface area (Å²) in [5.74, 6) is 1.57. The van der Waals surface area contributed by atoms with E-state index >= 15 is 0 Å². The van der Waals surface area contributed by atoms with Gasteiger partial charge in [0, 0.05) is 68.0 Å². The number of hydrogen-bond donors (Lipinski definition) is 0. The van der Waals surface area contributed by atoms with Crippen molar-refractivity contribution in [1.82, 2.24) is 24.7 Å². The van der Waals surface area contributed by atoms with Gasteiger partial charge in [-0.2, -0.15) is 0 Å². The third-order valence-electron chi connectivity index (χ3n) is 14.0. The van der Waals surface area contributed by atoms with E-state index in [9.17, 15) is 4.79 Å². The fraction of sp³-hybridized carbons (Fsp3) is 0.609. The highest BCUT2D eigenvalue weighted by atomic mass is 35.5. The predicted octanol–water partition coefficient (Wildman–Crippen LogP) is 9.13. The summed E-state index contributed by atoms with van der Waals surface area (Å²) in [5, 5.41) is 0.575. The summed E-state index contributed by atoms with van der Waals surface area (Å²) in [5.41, 5.74) is 3.78. The van der Waals surface area contributed by atoms with Crippen LogP contribution in [0.5, 0.6) is 5.75 Å². The van der Waals surface area contributed by atoms with Crippen LogP contribution in [0, 0.1) is 17.4 Å². The molecule has 3 aliphatic heterocycles. The first kappa shape index (κ1) is 39.9. The molecule has 1 amide bonds. The number of nitrogens with zero attached hydrogens (tertiary/aromatic N) is 7. The van der Waals surface area contributed by atoms with E-state index in [-0.39, 0.29) is 11.5 Å². The molecule has 2 saturated carbocycles. The summed E-state index contributed by atoms with van der Waals surface area (Å²) < 4.78 is 11.8. The Bertz CT molecular complexity index is 1930. The van der Waals surface area contributed by atoms with E-state index in [1.807, 2.05) is 62.2 Å². The molecule has 0 N–H and O–H groups in total. The zero-order valence-electron chi connectivity index (χ0n) is 34.6. The Kier molecular flexibility index (Phi) is 11.0. The lowest BCUT2D eigenvalue weighted by molar-refractivity contribution is -0.0886. The molecule has 11 heteroatoms. The second-order valence-electron chi connectivity index (χ2n) is 19.2. The minimum atomic E-state index is -0.432. The van der Waals surface area contributed by atoms with E-state index in [2.05, 4.69) is 50.5 Å². The molecule has 1 aromatic heterocycles. The Balaban J connectivity index is 0.747. The van der Waals surface area contributed by atoms with Gasteiger partial charge in [0.1, 0.15) is 18.0 Å². The molecule has 8 rings (SSSR count). The number of carbonyl (C=O) groups is 1. The highest BCUT2D eigenvalue weighted by molar-refractivity contribution is 6.31. The van der Waals surface area contributed by atoms with Crippen molar-refractivity contribution in [3.8, 4) is 5.75 Å². The Morgan fingerprint density at radius 3 is 2.00 bits per heavy atom. The van der Waals surface area contributed by atoms with Crippen LogP contribution in [-0.2, 0) is 16.8 Å². The highest BCUT2D eigenvalue weighted by Gasteiger charge is 2.52. The lowest BCUT2D eigenvalue weighted by atomic mass is 9.57. The smallest absolute Gasteiger partial charge is 0.410 e. The number of likely N-dealkylation sites (tertiary alicyclic amines) is 2. The number of hydrogen-bond acceptors (Lipinski definition) is 8. The number of ether oxygens (including phenoxy) is 2. The minimum Gasteiger partial charge on any atom is -0.487 e. The summed E-state index contributed by atoms with van der Waals surface area (Å²) in [6.45, 7) is 26.1. The first-order valence-electron chi connectivity index (χ1n) is 21.2. The van der Waals surface area contributed by atoms with Crippen molar-refractivity contribution in [3.05, 3.63) is 88.0 Å². The monoisotopic (exact) mass is 793 g/mol. The van der Waals surface area contributed by atoms with Crippen molar-refractivity contribution >= 4 is 29.3 Å². The van der Waals surface area contributed by atoms with Gasteiger partial charge < -0.3 is 24.2 Å². The second kappa shape index (κ2) is 15.7.